The largest absolute Gasteiger partial charge is 0.348 e. The molecule has 1 fully saturated rings. The van der Waals surface area contributed by atoms with Gasteiger partial charge in [0.05, 0.1) is 10.9 Å². The summed E-state index contributed by atoms with van der Waals surface area (Å²) in [6.07, 6.45) is 2.48. The molecule has 3 N–H and O–H groups in total. The van der Waals surface area contributed by atoms with E-state index in [0.717, 1.165) is 29.0 Å². The average Bonchev–Trinajstić information content (AvgIpc) is 3.00. The fourth-order valence-electron chi connectivity index (χ4n) is 2.77. The summed E-state index contributed by atoms with van der Waals surface area (Å²) >= 11 is 1.51. The first-order chi connectivity index (χ1) is 10.9. The van der Waals surface area contributed by atoms with E-state index >= 15 is 0 Å². The summed E-state index contributed by atoms with van der Waals surface area (Å²) in [7, 11) is 0. The molecule has 2 amide bonds. The fourth-order valence-corrected chi connectivity index (χ4v) is 3.54. The van der Waals surface area contributed by atoms with E-state index in [4.69, 9.17) is 5.73 Å². The summed E-state index contributed by atoms with van der Waals surface area (Å²) in [6, 6.07) is 3.53. The molecular formula is C17H27N3O2S. The van der Waals surface area contributed by atoms with Crippen molar-refractivity contribution in [2.24, 2.45) is 11.7 Å². The Labute approximate surface area is 142 Å². The van der Waals surface area contributed by atoms with E-state index in [0.29, 0.717) is 13.1 Å². The van der Waals surface area contributed by atoms with Gasteiger partial charge in [-0.05, 0) is 37.8 Å². The number of hydrogen-bond acceptors (Lipinski definition) is 4. The highest BCUT2D eigenvalue weighted by atomic mass is 32.1. The molecule has 0 saturated carbocycles. The zero-order chi connectivity index (χ0) is 17.0. The van der Waals surface area contributed by atoms with Gasteiger partial charge in [-0.15, -0.1) is 11.3 Å². The molecule has 0 radical (unpaired) electrons. The number of nitrogens with one attached hydrogen (secondary N) is 1. The Morgan fingerprint density at radius 2 is 2.04 bits per heavy atom. The van der Waals surface area contributed by atoms with Crippen LogP contribution in [0, 0.1) is 12.8 Å². The summed E-state index contributed by atoms with van der Waals surface area (Å²) in [5.74, 6) is 0.226. The zero-order valence-electron chi connectivity index (χ0n) is 14.2. The first kappa shape index (κ1) is 17.9. The van der Waals surface area contributed by atoms with Crippen LogP contribution in [-0.2, 0) is 4.79 Å². The highest BCUT2D eigenvalue weighted by Crippen LogP contribution is 2.18. The maximum absolute atomic E-state index is 12.4. The number of aryl methyl sites for hydroxylation is 1. The summed E-state index contributed by atoms with van der Waals surface area (Å²) < 4.78 is 0. The quantitative estimate of drug-likeness (QED) is 0.864. The van der Waals surface area contributed by atoms with Crippen LogP contribution < -0.4 is 11.1 Å². The minimum absolute atomic E-state index is 0.0100. The van der Waals surface area contributed by atoms with Crippen LogP contribution in [0.1, 0.15) is 47.7 Å². The average molecular weight is 337 g/mol. The van der Waals surface area contributed by atoms with Crippen molar-refractivity contribution in [3.05, 3.63) is 21.9 Å². The van der Waals surface area contributed by atoms with Gasteiger partial charge in [-0.2, -0.15) is 0 Å². The number of nitrogens with two attached hydrogens (primary N) is 1. The maximum atomic E-state index is 12.4. The second-order valence-electron chi connectivity index (χ2n) is 6.39. The lowest BCUT2D eigenvalue weighted by atomic mass is 9.97. The van der Waals surface area contributed by atoms with Crippen molar-refractivity contribution in [2.45, 2.75) is 52.1 Å². The molecule has 2 heterocycles. The SMILES string of the molecule is CCC(C)C(N)C(=O)N1CCC(NC(=O)c2ccc(C)s2)CC1. The molecule has 1 aromatic rings. The van der Waals surface area contributed by atoms with E-state index in [-0.39, 0.29) is 23.8 Å². The molecule has 23 heavy (non-hydrogen) atoms. The van der Waals surface area contributed by atoms with Crippen molar-refractivity contribution in [1.82, 2.24) is 10.2 Å². The standard InChI is InChI=1S/C17H27N3O2S/c1-4-11(2)15(18)17(22)20-9-7-13(8-10-20)19-16(21)14-6-5-12(3)23-14/h5-6,11,13,15H,4,7-10,18H2,1-3H3,(H,19,21). The third-order valence-electron chi connectivity index (χ3n) is 4.65. The first-order valence-corrected chi connectivity index (χ1v) is 9.15. The number of likely N-dealkylation sites (tertiary alicyclic amines) is 1. The minimum Gasteiger partial charge on any atom is -0.348 e. The smallest absolute Gasteiger partial charge is 0.261 e. The van der Waals surface area contributed by atoms with Gasteiger partial charge < -0.3 is 16.0 Å². The van der Waals surface area contributed by atoms with Gasteiger partial charge in [-0.25, -0.2) is 0 Å². The Morgan fingerprint density at radius 1 is 1.39 bits per heavy atom. The summed E-state index contributed by atoms with van der Waals surface area (Å²) in [5, 5.41) is 3.07. The van der Waals surface area contributed by atoms with Gasteiger partial charge in [0.15, 0.2) is 0 Å². The number of rotatable bonds is 5. The molecule has 5 nitrogen and oxygen atoms in total. The molecule has 1 aliphatic rings. The molecular weight excluding hydrogens is 310 g/mol. The van der Waals surface area contributed by atoms with Crippen molar-refractivity contribution >= 4 is 23.2 Å². The van der Waals surface area contributed by atoms with Crippen molar-refractivity contribution in [3.63, 3.8) is 0 Å². The monoisotopic (exact) mass is 337 g/mol. The van der Waals surface area contributed by atoms with Crippen LogP contribution in [0.15, 0.2) is 12.1 Å². The number of carbonyl (C=O) groups is 2. The van der Waals surface area contributed by atoms with Crippen LogP contribution in [0.5, 0.6) is 0 Å². The number of nitrogens with zero attached hydrogens (tertiary/aromatic N) is 1. The molecule has 2 rings (SSSR count). The molecule has 128 valence electrons. The van der Waals surface area contributed by atoms with Crippen LogP contribution in [0.4, 0.5) is 0 Å². The molecule has 2 atom stereocenters. The van der Waals surface area contributed by atoms with E-state index in [2.05, 4.69) is 5.32 Å². The fraction of sp³-hybridized carbons (Fsp3) is 0.647. The molecule has 0 bridgehead atoms. The maximum Gasteiger partial charge on any atom is 0.261 e. The number of piperidine rings is 1. The Bertz CT molecular complexity index is 550. The number of amides is 2. The first-order valence-electron chi connectivity index (χ1n) is 8.34. The normalized spacial score (nSPS) is 18.5. The highest BCUT2D eigenvalue weighted by molar-refractivity contribution is 7.13. The van der Waals surface area contributed by atoms with Crippen molar-refractivity contribution in [2.75, 3.05) is 13.1 Å². The van der Waals surface area contributed by atoms with Crippen LogP contribution in [0.3, 0.4) is 0 Å². The zero-order valence-corrected chi connectivity index (χ0v) is 15.0. The summed E-state index contributed by atoms with van der Waals surface area (Å²) in [4.78, 5) is 28.3. The van der Waals surface area contributed by atoms with Crippen molar-refractivity contribution in [1.29, 1.82) is 0 Å². The Morgan fingerprint density at radius 3 is 2.57 bits per heavy atom. The van der Waals surface area contributed by atoms with Crippen LogP contribution >= 0.6 is 11.3 Å². The molecule has 1 aliphatic heterocycles. The number of carbonyl (C=O) groups excluding carboxylic acids is 2. The predicted octanol–water partition coefficient (Wildman–Crippen LogP) is 2.15. The number of hydrogen-bond donors (Lipinski definition) is 2. The molecule has 0 aliphatic carbocycles. The van der Waals surface area contributed by atoms with E-state index in [1.54, 1.807) is 0 Å². The Hall–Kier alpha value is -1.40. The van der Waals surface area contributed by atoms with Gasteiger partial charge in [-0.3, -0.25) is 9.59 Å². The molecule has 0 spiro atoms. The van der Waals surface area contributed by atoms with Crippen LogP contribution in [0.2, 0.25) is 0 Å². The molecule has 2 unspecified atom stereocenters. The van der Waals surface area contributed by atoms with Gasteiger partial charge in [0.1, 0.15) is 0 Å². The van der Waals surface area contributed by atoms with Crippen molar-refractivity contribution in [3.8, 4) is 0 Å². The van der Waals surface area contributed by atoms with Gasteiger partial charge in [0.2, 0.25) is 5.91 Å². The molecule has 1 aromatic heterocycles. The second-order valence-corrected chi connectivity index (χ2v) is 7.68. The summed E-state index contributed by atoms with van der Waals surface area (Å²) in [6.45, 7) is 7.38. The van der Waals surface area contributed by atoms with Crippen LogP contribution in [-0.4, -0.2) is 41.9 Å². The van der Waals surface area contributed by atoms with Gasteiger partial charge in [-0.1, -0.05) is 20.3 Å². The highest BCUT2D eigenvalue weighted by Gasteiger charge is 2.29. The molecule has 0 aromatic carbocycles. The summed E-state index contributed by atoms with van der Waals surface area (Å²) in [5.41, 5.74) is 6.04. The topological polar surface area (TPSA) is 75.4 Å². The minimum atomic E-state index is -0.416. The second kappa shape index (κ2) is 7.93. The Kier molecular flexibility index (Phi) is 6.18. The lowest BCUT2D eigenvalue weighted by Crippen LogP contribution is -2.52. The molecule has 6 heteroatoms. The van der Waals surface area contributed by atoms with E-state index < -0.39 is 6.04 Å². The van der Waals surface area contributed by atoms with Crippen molar-refractivity contribution < 1.29 is 9.59 Å². The predicted molar refractivity (Wildman–Crippen MR) is 93.6 cm³/mol. The van der Waals surface area contributed by atoms with Gasteiger partial charge in [0.25, 0.3) is 5.91 Å². The van der Waals surface area contributed by atoms with E-state index in [1.165, 1.54) is 11.3 Å². The lowest BCUT2D eigenvalue weighted by Gasteiger charge is -2.34. The third-order valence-corrected chi connectivity index (χ3v) is 5.65. The Balaban J connectivity index is 1.82. The molecule has 1 saturated heterocycles. The van der Waals surface area contributed by atoms with Crippen LogP contribution in [0.25, 0.3) is 0 Å². The third kappa shape index (κ3) is 4.54. The van der Waals surface area contributed by atoms with Gasteiger partial charge >= 0.3 is 0 Å². The lowest BCUT2D eigenvalue weighted by molar-refractivity contribution is -0.134. The van der Waals surface area contributed by atoms with E-state index in [1.807, 2.05) is 37.8 Å². The van der Waals surface area contributed by atoms with Gasteiger partial charge in [0, 0.05) is 24.0 Å². The number of thiophene rings is 1. The van der Waals surface area contributed by atoms with E-state index in [9.17, 15) is 9.59 Å².